The molecular weight excluding hydrogens is 248 g/mol. The van der Waals surface area contributed by atoms with Crippen LogP contribution in [0, 0.1) is 6.92 Å². The molecule has 3 heteroatoms. The van der Waals surface area contributed by atoms with Crippen molar-refractivity contribution in [3.05, 3.63) is 29.3 Å². The lowest BCUT2D eigenvalue weighted by atomic mass is 10.0. The zero-order chi connectivity index (χ0) is 14.5. The van der Waals surface area contributed by atoms with Gasteiger partial charge in [-0.05, 0) is 57.2 Å². The summed E-state index contributed by atoms with van der Waals surface area (Å²) in [5.41, 5.74) is 9.91. The number of nitrogens with two attached hydrogens (primary N) is 1. The fraction of sp³-hybridized carbons (Fsp3) is 0.647. The van der Waals surface area contributed by atoms with Crippen molar-refractivity contribution in [2.45, 2.75) is 52.2 Å². The summed E-state index contributed by atoms with van der Waals surface area (Å²) in [6, 6.07) is 6.97. The van der Waals surface area contributed by atoms with E-state index in [1.54, 1.807) is 0 Å². The van der Waals surface area contributed by atoms with Crippen molar-refractivity contribution in [2.24, 2.45) is 5.73 Å². The Hall–Kier alpha value is -1.06. The van der Waals surface area contributed by atoms with Crippen molar-refractivity contribution in [1.82, 2.24) is 0 Å². The molecule has 1 saturated heterocycles. The van der Waals surface area contributed by atoms with E-state index in [0.29, 0.717) is 6.10 Å². The molecule has 1 aromatic rings. The van der Waals surface area contributed by atoms with Gasteiger partial charge in [0.25, 0.3) is 0 Å². The topological polar surface area (TPSA) is 38.5 Å². The van der Waals surface area contributed by atoms with Gasteiger partial charge in [-0.3, -0.25) is 0 Å². The Morgan fingerprint density at radius 3 is 2.90 bits per heavy atom. The Morgan fingerprint density at radius 1 is 1.45 bits per heavy atom. The van der Waals surface area contributed by atoms with Crippen LogP contribution in [0.25, 0.3) is 0 Å². The van der Waals surface area contributed by atoms with Gasteiger partial charge >= 0.3 is 0 Å². The molecule has 2 N–H and O–H groups in total. The number of nitrogens with zero attached hydrogens (tertiary/aromatic N) is 1. The van der Waals surface area contributed by atoms with Crippen LogP contribution in [-0.2, 0) is 11.2 Å². The SMILES string of the molecule is CCOC1CCCN(c2ccc(CC(C)N)cc2C)C1. The van der Waals surface area contributed by atoms with E-state index in [0.717, 1.165) is 26.1 Å². The van der Waals surface area contributed by atoms with Gasteiger partial charge in [0.1, 0.15) is 0 Å². The van der Waals surface area contributed by atoms with Crippen molar-refractivity contribution in [3.8, 4) is 0 Å². The second-order valence-electron chi connectivity index (χ2n) is 5.97. The second kappa shape index (κ2) is 7.09. The van der Waals surface area contributed by atoms with Gasteiger partial charge in [0.2, 0.25) is 0 Å². The second-order valence-corrected chi connectivity index (χ2v) is 5.97. The molecule has 1 aromatic carbocycles. The Labute approximate surface area is 123 Å². The van der Waals surface area contributed by atoms with Crippen molar-refractivity contribution >= 4 is 5.69 Å². The average Bonchev–Trinajstić information content (AvgIpc) is 2.39. The van der Waals surface area contributed by atoms with E-state index in [1.165, 1.54) is 29.7 Å². The molecule has 2 rings (SSSR count). The number of rotatable bonds is 5. The van der Waals surface area contributed by atoms with Crippen LogP contribution in [0.5, 0.6) is 0 Å². The lowest BCUT2D eigenvalue weighted by molar-refractivity contribution is 0.0526. The van der Waals surface area contributed by atoms with Gasteiger partial charge in [-0.2, -0.15) is 0 Å². The average molecular weight is 276 g/mol. The first kappa shape index (κ1) is 15.3. The van der Waals surface area contributed by atoms with Gasteiger partial charge in [0.05, 0.1) is 6.10 Å². The van der Waals surface area contributed by atoms with Crippen molar-refractivity contribution in [3.63, 3.8) is 0 Å². The Balaban J connectivity index is 2.08. The van der Waals surface area contributed by atoms with Crippen LogP contribution in [0.4, 0.5) is 5.69 Å². The molecule has 2 atom stereocenters. The normalized spacial score (nSPS) is 21.0. The molecule has 0 radical (unpaired) electrons. The van der Waals surface area contributed by atoms with E-state index in [-0.39, 0.29) is 6.04 Å². The summed E-state index contributed by atoms with van der Waals surface area (Å²) < 4.78 is 5.79. The van der Waals surface area contributed by atoms with Crippen LogP contribution in [0.15, 0.2) is 18.2 Å². The smallest absolute Gasteiger partial charge is 0.0750 e. The zero-order valence-electron chi connectivity index (χ0n) is 13.1. The van der Waals surface area contributed by atoms with E-state index in [9.17, 15) is 0 Å². The number of piperidine rings is 1. The molecule has 3 nitrogen and oxygen atoms in total. The minimum absolute atomic E-state index is 0.220. The molecule has 112 valence electrons. The van der Waals surface area contributed by atoms with Crippen LogP contribution in [-0.4, -0.2) is 31.8 Å². The van der Waals surface area contributed by atoms with Crippen molar-refractivity contribution in [1.29, 1.82) is 0 Å². The summed E-state index contributed by atoms with van der Waals surface area (Å²) >= 11 is 0. The van der Waals surface area contributed by atoms with Gasteiger partial charge in [0.15, 0.2) is 0 Å². The molecule has 1 aliphatic heterocycles. The first-order valence-corrected chi connectivity index (χ1v) is 7.81. The maximum atomic E-state index is 5.88. The van der Waals surface area contributed by atoms with Gasteiger partial charge in [0, 0.05) is 31.4 Å². The number of aryl methyl sites for hydroxylation is 1. The third kappa shape index (κ3) is 3.97. The Kier molecular flexibility index (Phi) is 5.44. The van der Waals surface area contributed by atoms with Crippen LogP contribution in [0.1, 0.15) is 37.8 Å². The highest BCUT2D eigenvalue weighted by molar-refractivity contribution is 5.55. The highest BCUT2D eigenvalue weighted by Gasteiger charge is 2.21. The highest BCUT2D eigenvalue weighted by atomic mass is 16.5. The zero-order valence-corrected chi connectivity index (χ0v) is 13.1. The summed E-state index contributed by atoms with van der Waals surface area (Å²) in [7, 11) is 0. The molecule has 0 aromatic heterocycles. The fourth-order valence-electron chi connectivity index (χ4n) is 3.10. The summed E-state index contributed by atoms with van der Waals surface area (Å²) in [6.45, 7) is 9.29. The van der Waals surface area contributed by atoms with E-state index in [4.69, 9.17) is 10.5 Å². The third-order valence-corrected chi connectivity index (χ3v) is 3.94. The first-order valence-electron chi connectivity index (χ1n) is 7.81. The standard InChI is InChI=1S/C17H28N2O/c1-4-20-16-6-5-9-19(12-16)17-8-7-15(10-13(17)2)11-14(3)18/h7-8,10,14,16H,4-6,9,11-12,18H2,1-3H3. The molecule has 0 aliphatic carbocycles. The van der Waals surface area contributed by atoms with Gasteiger partial charge in [-0.1, -0.05) is 12.1 Å². The number of anilines is 1. The molecule has 1 fully saturated rings. The lowest BCUT2D eigenvalue weighted by Crippen LogP contribution is -2.40. The number of hydrogen-bond donors (Lipinski definition) is 1. The predicted molar refractivity (Wildman–Crippen MR) is 85.4 cm³/mol. The summed E-state index contributed by atoms with van der Waals surface area (Å²) in [5, 5.41) is 0. The van der Waals surface area contributed by atoms with Crippen LogP contribution < -0.4 is 10.6 Å². The van der Waals surface area contributed by atoms with E-state index < -0.39 is 0 Å². The Bertz CT molecular complexity index is 429. The maximum absolute atomic E-state index is 5.88. The number of hydrogen-bond acceptors (Lipinski definition) is 3. The van der Waals surface area contributed by atoms with Gasteiger partial charge in [-0.25, -0.2) is 0 Å². The van der Waals surface area contributed by atoms with Crippen molar-refractivity contribution < 1.29 is 4.74 Å². The largest absolute Gasteiger partial charge is 0.377 e. The van der Waals surface area contributed by atoms with Gasteiger partial charge < -0.3 is 15.4 Å². The molecule has 1 aliphatic rings. The Morgan fingerprint density at radius 2 is 2.25 bits per heavy atom. The van der Waals surface area contributed by atoms with Crippen LogP contribution in [0.2, 0.25) is 0 Å². The molecule has 2 unspecified atom stereocenters. The third-order valence-electron chi connectivity index (χ3n) is 3.94. The summed E-state index contributed by atoms with van der Waals surface area (Å²) in [6.07, 6.45) is 3.73. The minimum Gasteiger partial charge on any atom is -0.377 e. The number of ether oxygens (including phenoxy) is 1. The fourth-order valence-corrected chi connectivity index (χ4v) is 3.10. The number of benzene rings is 1. The molecule has 0 spiro atoms. The summed E-state index contributed by atoms with van der Waals surface area (Å²) in [5.74, 6) is 0. The monoisotopic (exact) mass is 276 g/mol. The molecule has 0 amide bonds. The predicted octanol–water partition coefficient (Wildman–Crippen LogP) is 2.89. The van der Waals surface area contributed by atoms with Crippen LogP contribution >= 0.6 is 0 Å². The van der Waals surface area contributed by atoms with Crippen LogP contribution in [0.3, 0.4) is 0 Å². The quantitative estimate of drug-likeness (QED) is 0.898. The first-order chi connectivity index (χ1) is 9.60. The molecule has 20 heavy (non-hydrogen) atoms. The molecule has 0 bridgehead atoms. The molecule has 1 heterocycles. The molecule has 0 saturated carbocycles. The molecular formula is C17H28N2O. The minimum atomic E-state index is 0.220. The van der Waals surface area contributed by atoms with Gasteiger partial charge in [-0.15, -0.1) is 0 Å². The van der Waals surface area contributed by atoms with E-state index in [2.05, 4.69) is 43.9 Å². The summed E-state index contributed by atoms with van der Waals surface area (Å²) in [4.78, 5) is 2.47. The maximum Gasteiger partial charge on any atom is 0.0750 e. The van der Waals surface area contributed by atoms with E-state index >= 15 is 0 Å². The highest BCUT2D eigenvalue weighted by Crippen LogP contribution is 2.26. The lowest BCUT2D eigenvalue weighted by Gasteiger charge is -2.35. The van der Waals surface area contributed by atoms with Crippen molar-refractivity contribution in [2.75, 3.05) is 24.6 Å². The van der Waals surface area contributed by atoms with E-state index in [1.807, 2.05) is 0 Å².